The van der Waals surface area contributed by atoms with Crippen LogP contribution in [0.3, 0.4) is 0 Å². The molecule has 1 saturated carbocycles. The van der Waals surface area contributed by atoms with Crippen LogP contribution in [0.15, 0.2) is 30.3 Å². The molecule has 0 aromatic heterocycles. The number of benzene rings is 1. The lowest BCUT2D eigenvalue weighted by molar-refractivity contribution is -0.161. The molecule has 20 heavy (non-hydrogen) atoms. The van der Waals surface area contributed by atoms with Crippen LogP contribution < -0.4 is 5.73 Å². The fourth-order valence-electron chi connectivity index (χ4n) is 2.97. The normalized spacial score (nSPS) is 19.9. The lowest BCUT2D eigenvalue weighted by Gasteiger charge is -2.30. The van der Waals surface area contributed by atoms with Crippen LogP contribution in [-0.2, 0) is 9.53 Å². The summed E-state index contributed by atoms with van der Waals surface area (Å²) >= 11 is 0. The first-order valence-electron chi connectivity index (χ1n) is 7.64. The molecule has 0 amide bonds. The predicted octanol–water partition coefficient (Wildman–Crippen LogP) is 3.59. The molecule has 0 spiro atoms. The van der Waals surface area contributed by atoms with Gasteiger partial charge in [-0.05, 0) is 25.3 Å². The molecule has 3 nitrogen and oxygen atoms in total. The zero-order valence-corrected chi connectivity index (χ0v) is 12.3. The molecule has 0 bridgehead atoms. The van der Waals surface area contributed by atoms with E-state index in [1.54, 1.807) is 0 Å². The second kappa shape index (κ2) is 6.89. The molecule has 0 heterocycles. The lowest BCUT2D eigenvalue weighted by atomic mass is 9.80. The molecular weight excluding hydrogens is 250 g/mol. The molecule has 1 unspecified atom stereocenters. The average Bonchev–Trinajstić information content (AvgIpc) is 2.74. The van der Waals surface area contributed by atoms with Gasteiger partial charge in [0.2, 0.25) is 0 Å². The molecule has 1 atom stereocenters. The number of carbonyl (C=O) groups is 1. The first kappa shape index (κ1) is 15.0. The number of hydrogen-bond donors (Lipinski definition) is 1. The summed E-state index contributed by atoms with van der Waals surface area (Å²) in [6.45, 7) is 2.32. The minimum absolute atomic E-state index is 0.113. The Hall–Kier alpha value is -1.35. The highest BCUT2D eigenvalue weighted by molar-refractivity contribution is 5.77. The predicted molar refractivity (Wildman–Crippen MR) is 80.1 cm³/mol. The number of esters is 1. The highest BCUT2D eigenvalue weighted by Gasteiger charge is 2.39. The smallest absolute Gasteiger partial charge is 0.313 e. The molecule has 1 aliphatic carbocycles. The van der Waals surface area contributed by atoms with Crippen molar-refractivity contribution < 1.29 is 9.53 Å². The van der Waals surface area contributed by atoms with Crippen LogP contribution in [-0.4, -0.2) is 12.5 Å². The van der Waals surface area contributed by atoms with E-state index in [-0.39, 0.29) is 12.1 Å². The summed E-state index contributed by atoms with van der Waals surface area (Å²) in [7, 11) is 0. The molecule has 2 rings (SSSR count). The van der Waals surface area contributed by atoms with Crippen molar-refractivity contribution in [2.24, 2.45) is 11.1 Å². The van der Waals surface area contributed by atoms with Gasteiger partial charge in [0.15, 0.2) is 0 Å². The van der Waals surface area contributed by atoms with Crippen LogP contribution >= 0.6 is 0 Å². The van der Waals surface area contributed by atoms with Crippen molar-refractivity contribution in [3.63, 3.8) is 0 Å². The van der Waals surface area contributed by atoms with Crippen LogP contribution in [0.25, 0.3) is 0 Å². The third-order valence-electron chi connectivity index (χ3n) is 4.44. The number of carbonyl (C=O) groups excluding carboxylic acids is 1. The first-order chi connectivity index (χ1) is 9.68. The fourth-order valence-corrected chi connectivity index (χ4v) is 2.97. The summed E-state index contributed by atoms with van der Waals surface area (Å²) < 4.78 is 5.71. The van der Waals surface area contributed by atoms with Crippen LogP contribution in [0.5, 0.6) is 0 Å². The van der Waals surface area contributed by atoms with Gasteiger partial charge in [-0.2, -0.15) is 0 Å². The second-order valence-corrected chi connectivity index (χ2v) is 5.86. The Balaban J connectivity index is 2.05. The van der Waals surface area contributed by atoms with Crippen LogP contribution in [0, 0.1) is 5.41 Å². The van der Waals surface area contributed by atoms with E-state index in [1.165, 1.54) is 12.8 Å². The minimum atomic E-state index is -0.459. The Morgan fingerprint density at radius 1 is 1.20 bits per heavy atom. The highest BCUT2D eigenvalue weighted by atomic mass is 16.5. The first-order valence-corrected chi connectivity index (χ1v) is 7.64. The standard InChI is InChI=1S/C17H25NO2/c1-14(15-9-5-4-6-10-15)20-16(19)17(13-18)11-7-2-3-8-12-17/h4-6,9-10,14H,2-3,7-8,11-13,18H2,1H3. The van der Waals surface area contributed by atoms with Crippen LogP contribution in [0.4, 0.5) is 0 Å². The van der Waals surface area contributed by atoms with Gasteiger partial charge < -0.3 is 10.5 Å². The summed E-state index contributed by atoms with van der Waals surface area (Å²) in [6.07, 6.45) is 6.06. The summed E-state index contributed by atoms with van der Waals surface area (Å²) in [5.41, 5.74) is 6.49. The van der Waals surface area contributed by atoms with Gasteiger partial charge in [0.05, 0.1) is 5.41 Å². The monoisotopic (exact) mass is 275 g/mol. The van der Waals surface area contributed by atoms with Crippen molar-refractivity contribution >= 4 is 5.97 Å². The van der Waals surface area contributed by atoms with Gasteiger partial charge in [-0.1, -0.05) is 56.0 Å². The quantitative estimate of drug-likeness (QED) is 0.675. The van der Waals surface area contributed by atoms with Crippen molar-refractivity contribution in [1.82, 2.24) is 0 Å². The van der Waals surface area contributed by atoms with Gasteiger partial charge >= 0.3 is 5.97 Å². The molecule has 1 aromatic rings. The summed E-state index contributed by atoms with van der Waals surface area (Å²) in [6, 6.07) is 9.86. The maximum Gasteiger partial charge on any atom is 0.313 e. The van der Waals surface area contributed by atoms with Crippen molar-refractivity contribution in [1.29, 1.82) is 0 Å². The van der Waals surface area contributed by atoms with Gasteiger partial charge in [0.25, 0.3) is 0 Å². The molecule has 110 valence electrons. The Labute approximate surface area is 121 Å². The van der Waals surface area contributed by atoms with E-state index >= 15 is 0 Å². The van der Waals surface area contributed by atoms with Crippen molar-refractivity contribution in [3.05, 3.63) is 35.9 Å². The molecule has 1 aliphatic rings. The van der Waals surface area contributed by atoms with Gasteiger partial charge in [-0.15, -0.1) is 0 Å². The molecule has 1 aromatic carbocycles. The van der Waals surface area contributed by atoms with Crippen molar-refractivity contribution in [2.45, 2.75) is 51.6 Å². The summed E-state index contributed by atoms with van der Waals surface area (Å²) in [4.78, 5) is 12.6. The largest absolute Gasteiger partial charge is 0.457 e. The Kier molecular flexibility index (Phi) is 5.18. The Bertz CT molecular complexity index is 422. The highest BCUT2D eigenvalue weighted by Crippen LogP contribution is 2.36. The van der Waals surface area contributed by atoms with E-state index in [4.69, 9.17) is 10.5 Å². The van der Waals surface area contributed by atoms with E-state index < -0.39 is 5.41 Å². The SMILES string of the molecule is CC(OC(=O)C1(CN)CCCCCC1)c1ccccc1. The molecule has 2 N–H and O–H groups in total. The van der Waals surface area contributed by atoms with E-state index in [9.17, 15) is 4.79 Å². The van der Waals surface area contributed by atoms with Gasteiger partial charge in [-0.3, -0.25) is 4.79 Å². The number of nitrogens with two attached hydrogens (primary N) is 1. The maximum absolute atomic E-state index is 12.6. The summed E-state index contributed by atoms with van der Waals surface area (Å²) in [5.74, 6) is -0.113. The van der Waals surface area contributed by atoms with E-state index in [0.29, 0.717) is 6.54 Å². The zero-order valence-electron chi connectivity index (χ0n) is 12.3. The van der Waals surface area contributed by atoms with Crippen molar-refractivity contribution in [2.75, 3.05) is 6.54 Å². The third kappa shape index (κ3) is 3.40. The topological polar surface area (TPSA) is 52.3 Å². The van der Waals surface area contributed by atoms with Gasteiger partial charge in [-0.25, -0.2) is 0 Å². The molecule has 3 heteroatoms. The fraction of sp³-hybridized carbons (Fsp3) is 0.588. The average molecular weight is 275 g/mol. The summed E-state index contributed by atoms with van der Waals surface area (Å²) in [5, 5.41) is 0. The van der Waals surface area contributed by atoms with E-state index in [2.05, 4.69) is 0 Å². The van der Waals surface area contributed by atoms with E-state index in [0.717, 1.165) is 31.2 Å². The van der Waals surface area contributed by atoms with Gasteiger partial charge in [0.1, 0.15) is 6.10 Å². The lowest BCUT2D eigenvalue weighted by Crippen LogP contribution is -2.40. The van der Waals surface area contributed by atoms with Crippen LogP contribution in [0.1, 0.15) is 57.1 Å². The molecule has 1 fully saturated rings. The molecule has 0 aliphatic heterocycles. The molecule has 0 radical (unpaired) electrons. The molecule has 0 saturated heterocycles. The molecular formula is C17H25NO2. The Morgan fingerprint density at radius 3 is 2.35 bits per heavy atom. The van der Waals surface area contributed by atoms with E-state index in [1.807, 2.05) is 37.3 Å². The second-order valence-electron chi connectivity index (χ2n) is 5.86. The van der Waals surface area contributed by atoms with Gasteiger partial charge in [0, 0.05) is 6.54 Å². The number of ether oxygens (including phenoxy) is 1. The third-order valence-corrected chi connectivity index (χ3v) is 4.44. The van der Waals surface area contributed by atoms with Crippen LogP contribution in [0.2, 0.25) is 0 Å². The number of hydrogen-bond acceptors (Lipinski definition) is 3. The zero-order chi connectivity index (χ0) is 14.4. The minimum Gasteiger partial charge on any atom is -0.457 e. The van der Waals surface area contributed by atoms with Crippen molar-refractivity contribution in [3.8, 4) is 0 Å². The Morgan fingerprint density at radius 2 is 1.80 bits per heavy atom. The maximum atomic E-state index is 12.6. The number of rotatable bonds is 4.